The SMILES string of the molecule is CC(C)NC(=O)/C(C#N)=C/c1ccc(-c2ccc(Cl)c([N+](=O)[O-])c2)o1. The van der Waals surface area contributed by atoms with Gasteiger partial charge in [0.25, 0.3) is 11.6 Å². The summed E-state index contributed by atoms with van der Waals surface area (Å²) in [5.74, 6) is 0.133. The highest BCUT2D eigenvalue weighted by Crippen LogP contribution is 2.31. The summed E-state index contributed by atoms with van der Waals surface area (Å²) in [5.41, 5.74) is 0.124. The molecule has 2 rings (SSSR count). The van der Waals surface area contributed by atoms with Crippen molar-refractivity contribution in [3.63, 3.8) is 0 Å². The van der Waals surface area contributed by atoms with Crippen LogP contribution < -0.4 is 5.32 Å². The predicted octanol–water partition coefficient (Wildman–Crippen LogP) is 3.94. The quantitative estimate of drug-likeness (QED) is 0.376. The number of hydrogen-bond acceptors (Lipinski definition) is 5. The number of amides is 1. The van der Waals surface area contributed by atoms with E-state index in [0.717, 1.165) is 0 Å². The minimum Gasteiger partial charge on any atom is -0.457 e. The molecule has 0 unspecified atom stereocenters. The monoisotopic (exact) mass is 359 g/mol. The van der Waals surface area contributed by atoms with Gasteiger partial charge >= 0.3 is 0 Å². The maximum Gasteiger partial charge on any atom is 0.288 e. The van der Waals surface area contributed by atoms with Crippen LogP contribution in [0.3, 0.4) is 0 Å². The zero-order valence-electron chi connectivity index (χ0n) is 13.4. The zero-order chi connectivity index (χ0) is 18.6. The van der Waals surface area contributed by atoms with Gasteiger partial charge in [0, 0.05) is 23.7 Å². The van der Waals surface area contributed by atoms with E-state index < -0.39 is 10.8 Å². The summed E-state index contributed by atoms with van der Waals surface area (Å²) >= 11 is 5.79. The van der Waals surface area contributed by atoms with Gasteiger partial charge in [-0.1, -0.05) is 11.6 Å². The summed E-state index contributed by atoms with van der Waals surface area (Å²) < 4.78 is 5.56. The number of halogens is 1. The number of furan rings is 1. The van der Waals surface area contributed by atoms with Crippen molar-refractivity contribution in [3.05, 3.63) is 56.8 Å². The first-order valence-corrected chi connectivity index (χ1v) is 7.66. The van der Waals surface area contributed by atoms with Crippen molar-refractivity contribution in [2.75, 3.05) is 0 Å². The van der Waals surface area contributed by atoms with Crippen molar-refractivity contribution in [3.8, 4) is 17.4 Å². The van der Waals surface area contributed by atoms with Gasteiger partial charge in [-0.15, -0.1) is 0 Å². The Morgan fingerprint density at radius 1 is 1.40 bits per heavy atom. The molecule has 0 spiro atoms. The van der Waals surface area contributed by atoms with Crippen molar-refractivity contribution < 1.29 is 14.1 Å². The largest absolute Gasteiger partial charge is 0.457 e. The lowest BCUT2D eigenvalue weighted by atomic mass is 10.1. The van der Waals surface area contributed by atoms with Crippen molar-refractivity contribution in [2.24, 2.45) is 0 Å². The van der Waals surface area contributed by atoms with Gasteiger partial charge in [0.15, 0.2) is 0 Å². The average Bonchev–Trinajstić information content (AvgIpc) is 3.00. The van der Waals surface area contributed by atoms with Crippen LogP contribution in [0.4, 0.5) is 5.69 Å². The Morgan fingerprint density at radius 2 is 2.12 bits per heavy atom. The van der Waals surface area contributed by atoms with E-state index in [2.05, 4.69) is 5.32 Å². The molecule has 128 valence electrons. The topological polar surface area (TPSA) is 109 Å². The molecule has 0 radical (unpaired) electrons. The number of carbonyl (C=O) groups is 1. The first kappa shape index (κ1) is 18.2. The molecule has 0 saturated carbocycles. The van der Waals surface area contributed by atoms with Crippen LogP contribution in [0.1, 0.15) is 19.6 Å². The van der Waals surface area contributed by atoms with E-state index in [1.165, 1.54) is 18.2 Å². The maximum atomic E-state index is 11.9. The minimum atomic E-state index is -0.584. The van der Waals surface area contributed by atoms with Gasteiger partial charge in [0.05, 0.1) is 4.92 Å². The lowest BCUT2D eigenvalue weighted by molar-refractivity contribution is -0.384. The number of nitro benzene ring substituents is 1. The predicted molar refractivity (Wildman–Crippen MR) is 92.7 cm³/mol. The highest BCUT2D eigenvalue weighted by molar-refractivity contribution is 6.32. The normalized spacial score (nSPS) is 11.2. The Balaban J connectivity index is 2.32. The molecular formula is C17H14ClN3O4. The van der Waals surface area contributed by atoms with Crippen LogP contribution in [0.25, 0.3) is 17.4 Å². The molecule has 1 N–H and O–H groups in total. The van der Waals surface area contributed by atoms with E-state index in [4.69, 9.17) is 21.3 Å². The van der Waals surface area contributed by atoms with Gasteiger partial charge in [-0.25, -0.2) is 0 Å². The molecule has 1 aromatic carbocycles. The molecule has 0 aliphatic rings. The summed E-state index contributed by atoms with van der Waals surface area (Å²) in [6.07, 6.45) is 1.31. The van der Waals surface area contributed by atoms with Gasteiger partial charge in [-0.05, 0) is 38.1 Å². The molecule has 8 heteroatoms. The molecule has 0 saturated heterocycles. The number of hydrogen-bond donors (Lipinski definition) is 1. The summed E-state index contributed by atoms with van der Waals surface area (Å²) in [7, 11) is 0. The average molecular weight is 360 g/mol. The molecule has 2 aromatic rings. The van der Waals surface area contributed by atoms with Gasteiger partial charge in [-0.3, -0.25) is 14.9 Å². The van der Waals surface area contributed by atoms with Gasteiger partial charge in [-0.2, -0.15) is 5.26 Å². The van der Waals surface area contributed by atoms with Crippen molar-refractivity contribution >= 4 is 29.3 Å². The lowest BCUT2D eigenvalue weighted by Crippen LogP contribution is -2.30. The van der Waals surface area contributed by atoms with Crippen LogP contribution in [0.15, 0.2) is 40.3 Å². The molecule has 0 aliphatic carbocycles. The van der Waals surface area contributed by atoms with E-state index in [1.54, 1.807) is 32.0 Å². The zero-order valence-corrected chi connectivity index (χ0v) is 14.2. The molecule has 0 bridgehead atoms. The second kappa shape index (κ2) is 7.64. The fourth-order valence-electron chi connectivity index (χ4n) is 2.02. The van der Waals surface area contributed by atoms with Gasteiger partial charge < -0.3 is 9.73 Å². The molecule has 25 heavy (non-hydrogen) atoms. The van der Waals surface area contributed by atoms with Gasteiger partial charge in [0.2, 0.25) is 0 Å². The summed E-state index contributed by atoms with van der Waals surface area (Å²) in [6, 6.07) is 9.15. The summed E-state index contributed by atoms with van der Waals surface area (Å²) in [5, 5.41) is 22.7. The first-order chi connectivity index (χ1) is 11.8. The van der Waals surface area contributed by atoms with Crippen LogP contribution in [0.5, 0.6) is 0 Å². The fraction of sp³-hybridized carbons (Fsp3) is 0.176. The number of benzene rings is 1. The number of carbonyl (C=O) groups excluding carboxylic acids is 1. The lowest BCUT2D eigenvalue weighted by Gasteiger charge is -2.06. The van der Waals surface area contributed by atoms with E-state index >= 15 is 0 Å². The van der Waals surface area contributed by atoms with Crippen LogP contribution in [0, 0.1) is 21.4 Å². The van der Waals surface area contributed by atoms with Crippen LogP contribution >= 0.6 is 11.6 Å². The van der Waals surface area contributed by atoms with Crippen LogP contribution in [-0.2, 0) is 4.79 Å². The highest BCUT2D eigenvalue weighted by Gasteiger charge is 2.16. The first-order valence-electron chi connectivity index (χ1n) is 7.28. The minimum absolute atomic E-state index is 0.0255. The summed E-state index contributed by atoms with van der Waals surface area (Å²) in [4.78, 5) is 22.3. The molecular weight excluding hydrogens is 346 g/mol. The van der Waals surface area contributed by atoms with Crippen molar-refractivity contribution in [1.29, 1.82) is 5.26 Å². The standard InChI is InChI=1S/C17H14ClN3O4/c1-10(2)20-17(22)12(9-19)7-13-4-6-16(25-13)11-3-5-14(18)15(8-11)21(23)24/h3-8,10H,1-2H3,(H,20,22)/b12-7+. The second-order valence-corrected chi connectivity index (χ2v) is 5.83. The number of nitro groups is 1. The second-order valence-electron chi connectivity index (χ2n) is 5.42. The smallest absolute Gasteiger partial charge is 0.288 e. The third kappa shape index (κ3) is 4.46. The van der Waals surface area contributed by atoms with Crippen molar-refractivity contribution in [1.82, 2.24) is 5.32 Å². The van der Waals surface area contributed by atoms with Crippen LogP contribution in [0.2, 0.25) is 5.02 Å². The van der Waals surface area contributed by atoms with E-state index in [-0.39, 0.29) is 28.1 Å². The molecule has 7 nitrogen and oxygen atoms in total. The van der Waals surface area contributed by atoms with E-state index in [1.807, 2.05) is 6.07 Å². The Hall–Kier alpha value is -3.11. The molecule has 1 aromatic heterocycles. The Morgan fingerprint density at radius 3 is 2.72 bits per heavy atom. The molecule has 0 atom stereocenters. The van der Waals surface area contributed by atoms with E-state index in [9.17, 15) is 14.9 Å². The van der Waals surface area contributed by atoms with E-state index in [0.29, 0.717) is 11.3 Å². The number of nitrogens with one attached hydrogen (secondary N) is 1. The third-order valence-corrected chi connectivity index (χ3v) is 3.45. The molecule has 0 fully saturated rings. The number of nitrogens with zero attached hydrogens (tertiary/aromatic N) is 2. The molecule has 0 aliphatic heterocycles. The molecule has 1 amide bonds. The Bertz CT molecular complexity index is 894. The number of nitriles is 1. The third-order valence-electron chi connectivity index (χ3n) is 3.13. The maximum absolute atomic E-state index is 11.9. The molecule has 1 heterocycles. The number of rotatable bonds is 5. The van der Waals surface area contributed by atoms with Crippen molar-refractivity contribution in [2.45, 2.75) is 19.9 Å². The highest BCUT2D eigenvalue weighted by atomic mass is 35.5. The summed E-state index contributed by atoms with van der Waals surface area (Å²) in [6.45, 7) is 3.57. The van der Waals surface area contributed by atoms with Gasteiger partial charge in [0.1, 0.15) is 28.2 Å². The fourth-order valence-corrected chi connectivity index (χ4v) is 2.21. The Labute approximate surface area is 148 Å². The Kier molecular flexibility index (Phi) is 5.57. The van der Waals surface area contributed by atoms with Crippen LogP contribution in [-0.4, -0.2) is 16.9 Å².